The third-order valence-electron chi connectivity index (χ3n) is 4.25. The van der Waals surface area contributed by atoms with E-state index in [1.165, 1.54) is 6.07 Å². The van der Waals surface area contributed by atoms with Crippen molar-refractivity contribution in [2.45, 2.75) is 25.3 Å². The summed E-state index contributed by atoms with van der Waals surface area (Å²) in [5.74, 6) is 0.679. The van der Waals surface area contributed by atoms with Gasteiger partial charge in [0.05, 0.1) is 10.6 Å². The smallest absolute Gasteiger partial charge is 0.238 e. The first-order valence-electron chi connectivity index (χ1n) is 8.16. The van der Waals surface area contributed by atoms with Gasteiger partial charge in [-0.05, 0) is 49.7 Å². The Balaban J connectivity index is 2.35. The van der Waals surface area contributed by atoms with Gasteiger partial charge in [0, 0.05) is 17.7 Å². The molecule has 0 radical (unpaired) electrons. The van der Waals surface area contributed by atoms with E-state index >= 15 is 0 Å². The summed E-state index contributed by atoms with van der Waals surface area (Å²) in [6, 6.07) is 12.7. The molecular weight excluding hydrogens is 350 g/mol. The summed E-state index contributed by atoms with van der Waals surface area (Å²) in [5.41, 5.74) is 4.83. The summed E-state index contributed by atoms with van der Waals surface area (Å²) in [4.78, 5) is 0.0922. The van der Waals surface area contributed by atoms with Gasteiger partial charge in [-0.2, -0.15) is 0 Å². The average molecular weight is 371 g/mol. The van der Waals surface area contributed by atoms with Crippen molar-refractivity contribution in [1.82, 2.24) is 10.5 Å². The molecule has 1 heterocycles. The summed E-state index contributed by atoms with van der Waals surface area (Å²) in [7, 11) is -2.01. The summed E-state index contributed by atoms with van der Waals surface area (Å²) in [6.45, 7) is 4.36. The van der Waals surface area contributed by atoms with Crippen molar-refractivity contribution in [3.05, 3.63) is 59.5 Å². The number of aryl methyl sites for hydroxylation is 2. The maximum Gasteiger partial charge on any atom is 0.238 e. The highest BCUT2D eigenvalue weighted by molar-refractivity contribution is 7.89. The quantitative estimate of drug-likeness (QED) is 0.718. The van der Waals surface area contributed by atoms with Crippen LogP contribution in [0.15, 0.2) is 51.9 Å². The van der Waals surface area contributed by atoms with Crippen molar-refractivity contribution in [2.75, 3.05) is 7.05 Å². The minimum atomic E-state index is -3.87. The van der Waals surface area contributed by atoms with Crippen LogP contribution in [0.1, 0.15) is 17.0 Å². The molecule has 0 bridgehead atoms. The topological polar surface area (TPSA) is 98.2 Å². The fourth-order valence-electron chi connectivity index (χ4n) is 3.15. The van der Waals surface area contributed by atoms with Gasteiger partial charge in [0.15, 0.2) is 0 Å². The molecular formula is C19H21N3O3S. The van der Waals surface area contributed by atoms with Crippen molar-refractivity contribution in [3.8, 4) is 22.3 Å². The highest BCUT2D eigenvalue weighted by atomic mass is 32.2. The molecule has 0 amide bonds. The first-order chi connectivity index (χ1) is 12.3. The van der Waals surface area contributed by atoms with Crippen LogP contribution < -0.4 is 10.5 Å². The van der Waals surface area contributed by atoms with E-state index < -0.39 is 10.0 Å². The van der Waals surface area contributed by atoms with E-state index in [4.69, 9.17) is 9.66 Å². The lowest BCUT2D eigenvalue weighted by Crippen LogP contribution is -2.13. The van der Waals surface area contributed by atoms with E-state index in [1.807, 2.05) is 39.1 Å². The number of hydrogen-bond donors (Lipinski definition) is 2. The minimum absolute atomic E-state index is 0.0922. The zero-order valence-electron chi connectivity index (χ0n) is 14.9. The fraction of sp³-hybridized carbons (Fsp3) is 0.211. The van der Waals surface area contributed by atoms with E-state index in [1.54, 1.807) is 18.2 Å². The molecule has 0 unspecified atom stereocenters. The molecule has 0 aliphatic heterocycles. The predicted octanol–water partition coefficient (Wildman–Crippen LogP) is 2.99. The number of sulfonamides is 1. The Morgan fingerprint density at radius 2 is 1.81 bits per heavy atom. The maximum atomic E-state index is 12.1. The fourth-order valence-corrected chi connectivity index (χ4v) is 3.90. The summed E-state index contributed by atoms with van der Waals surface area (Å²) in [5, 5.41) is 12.6. The van der Waals surface area contributed by atoms with Crippen LogP contribution in [0.4, 0.5) is 0 Å². The molecule has 0 atom stereocenters. The second-order valence-corrected chi connectivity index (χ2v) is 7.68. The molecule has 0 spiro atoms. The highest BCUT2D eigenvalue weighted by Gasteiger charge is 2.21. The second-order valence-electron chi connectivity index (χ2n) is 6.15. The number of nitrogens with two attached hydrogens (primary N) is 1. The molecule has 3 aromatic rings. The molecule has 7 heteroatoms. The molecule has 3 rings (SSSR count). The summed E-state index contributed by atoms with van der Waals surface area (Å²) in [6.07, 6.45) is 0. The average Bonchev–Trinajstić information content (AvgIpc) is 2.93. The second kappa shape index (κ2) is 7.03. The number of hydrogen-bond acceptors (Lipinski definition) is 5. The lowest BCUT2D eigenvalue weighted by molar-refractivity contribution is 0.393. The van der Waals surface area contributed by atoms with Crippen molar-refractivity contribution in [2.24, 2.45) is 5.14 Å². The molecule has 0 saturated carbocycles. The molecule has 0 aliphatic carbocycles. The van der Waals surface area contributed by atoms with Crippen LogP contribution in [0.2, 0.25) is 0 Å². The minimum Gasteiger partial charge on any atom is -0.361 e. The van der Waals surface area contributed by atoms with Gasteiger partial charge in [-0.15, -0.1) is 0 Å². The molecule has 2 aromatic carbocycles. The molecule has 0 aliphatic rings. The SMILES string of the molecule is CNCc1ccc(-c2c(C)noc2C)c(-c2ccccc2S(N)(=O)=O)c1. The first-order valence-corrected chi connectivity index (χ1v) is 9.70. The van der Waals surface area contributed by atoms with Crippen molar-refractivity contribution < 1.29 is 12.9 Å². The largest absolute Gasteiger partial charge is 0.361 e. The van der Waals surface area contributed by atoms with Crippen molar-refractivity contribution in [1.29, 1.82) is 0 Å². The van der Waals surface area contributed by atoms with Gasteiger partial charge >= 0.3 is 0 Å². The van der Waals surface area contributed by atoms with Gasteiger partial charge in [0.2, 0.25) is 10.0 Å². The molecule has 3 N–H and O–H groups in total. The zero-order chi connectivity index (χ0) is 18.9. The predicted molar refractivity (Wildman–Crippen MR) is 101 cm³/mol. The number of primary sulfonamides is 1. The number of nitrogens with zero attached hydrogens (tertiary/aromatic N) is 1. The van der Waals surface area contributed by atoms with E-state index in [9.17, 15) is 8.42 Å². The Kier molecular flexibility index (Phi) is 4.95. The van der Waals surface area contributed by atoms with Crippen LogP contribution in [0.3, 0.4) is 0 Å². The van der Waals surface area contributed by atoms with Crippen LogP contribution in [0.5, 0.6) is 0 Å². The zero-order valence-corrected chi connectivity index (χ0v) is 15.7. The Labute approximate surface area is 153 Å². The normalized spacial score (nSPS) is 11.7. The van der Waals surface area contributed by atoms with Gasteiger partial charge in [0.25, 0.3) is 0 Å². The van der Waals surface area contributed by atoms with Crippen LogP contribution in [-0.2, 0) is 16.6 Å². The monoisotopic (exact) mass is 371 g/mol. The summed E-state index contributed by atoms with van der Waals surface area (Å²) < 4.78 is 29.5. The lowest BCUT2D eigenvalue weighted by atomic mass is 9.92. The van der Waals surface area contributed by atoms with Gasteiger partial charge in [-0.25, -0.2) is 13.6 Å². The number of aromatic nitrogens is 1. The van der Waals surface area contributed by atoms with E-state index in [0.29, 0.717) is 17.9 Å². The molecule has 0 saturated heterocycles. The Hall–Kier alpha value is -2.48. The van der Waals surface area contributed by atoms with Gasteiger partial charge in [0.1, 0.15) is 5.76 Å². The number of rotatable bonds is 5. The van der Waals surface area contributed by atoms with Crippen molar-refractivity contribution >= 4 is 10.0 Å². The van der Waals surface area contributed by atoms with Crippen molar-refractivity contribution in [3.63, 3.8) is 0 Å². The van der Waals surface area contributed by atoms with Gasteiger partial charge < -0.3 is 9.84 Å². The first kappa shape index (κ1) is 18.3. The third-order valence-corrected chi connectivity index (χ3v) is 5.22. The van der Waals surface area contributed by atoms with E-state index in [0.717, 1.165) is 27.9 Å². The lowest BCUT2D eigenvalue weighted by Gasteiger charge is -2.15. The van der Waals surface area contributed by atoms with E-state index in [2.05, 4.69) is 10.5 Å². The van der Waals surface area contributed by atoms with Gasteiger partial charge in [-0.1, -0.05) is 35.5 Å². The Morgan fingerprint density at radius 3 is 2.42 bits per heavy atom. The highest BCUT2D eigenvalue weighted by Crippen LogP contribution is 2.38. The third kappa shape index (κ3) is 3.41. The van der Waals surface area contributed by atoms with Crippen LogP contribution in [0.25, 0.3) is 22.3 Å². The molecule has 0 fully saturated rings. The number of nitrogens with one attached hydrogen (secondary N) is 1. The molecule has 1 aromatic heterocycles. The van der Waals surface area contributed by atoms with Crippen LogP contribution >= 0.6 is 0 Å². The Bertz CT molecular complexity index is 1040. The van der Waals surface area contributed by atoms with Crippen LogP contribution in [0, 0.1) is 13.8 Å². The molecule has 136 valence electrons. The molecule has 26 heavy (non-hydrogen) atoms. The van der Waals surface area contributed by atoms with E-state index in [-0.39, 0.29) is 4.90 Å². The standard InChI is InChI=1S/C19H21N3O3S/c1-12-19(13(2)25-22-12)16-9-8-14(11-21-3)10-17(16)15-6-4-5-7-18(15)26(20,23)24/h4-10,21H,11H2,1-3H3,(H2,20,23,24). The Morgan fingerprint density at radius 1 is 1.08 bits per heavy atom. The maximum absolute atomic E-state index is 12.1. The van der Waals surface area contributed by atoms with Crippen LogP contribution in [-0.4, -0.2) is 20.6 Å². The van der Waals surface area contributed by atoms with Gasteiger partial charge in [-0.3, -0.25) is 0 Å². The number of benzene rings is 2. The summed E-state index contributed by atoms with van der Waals surface area (Å²) >= 11 is 0. The molecule has 6 nitrogen and oxygen atoms in total.